The van der Waals surface area contributed by atoms with E-state index in [1.54, 1.807) is 25.3 Å². The van der Waals surface area contributed by atoms with Crippen LogP contribution in [0.2, 0.25) is 20.9 Å². The number of carbonyl (C=O) groups excluding carboxylic acids is 1. The Kier molecular flexibility index (Phi) is 5.91. The highest BCUT2D eigenvalue weighted by Crippen LogP contribution is 2.27. The summed E-state index contributed by atoms with van der Waals surface area (Å²) < 4.78 is 8.13. The predicted octanol–water partition coefficient (Wildman–Crippen LogP) is 4.33. The van der Waals surface area contributed by atoms with Crippen molar-refractivity contribution in [2.24, 2.45) is 0 Å². The van der Waals surface area contributed by atoms with Crippen LogP contribution in [0.3, 0.4) is 0 Å². The van der Waals surface area contributed by atoms with E-state index in [-0.39, 0.29) is 26.5 Å². The first-order valence-electron chi connectivity index (χ1n) is 9.39. The number of nitrogens with one attached hydrogen (secondary N) is 1. The fourth-order valence-corrected chi connectivity index (χ4v) is 4.26. The van der Waals surface area contributed by atoms with E-state index >= 15 is 0 Å². The van der Waals surface area contributed by atoms with E-state index in [0.29, 0.717) is 35.1 Å². The number of halogens is 4. The second-order valence-electron chi connectivity index (χ2n) is 7.94. The van der Waals surface area contributed by atoms with E-state index in [1.165, 1.54) is 0 Å². The molecule has 0 amide bonds. The lowest BCUT2D eigenvalue weighted by molar-refractivity contribution is -0.673. The number of ether oxygens (including phenoxy) is 1. The van der Waals surface area contributed by atoms with Crippen molar-refractivity contribution in [2.45, 2.75) is 46.3 Å². The third-order valence-corrected chi connectivity index (χ3v) is 5.47. The van der Waals surface area contributed by atoms with Crippen molar-refractivity contribution in [3.8, 4) is 0 Å². The first-order chi connectivity index (χ1) is 15.0. The van der Waals surface area contributed by atoms with Crippen LogP contribution in [0.5, 0.6) is 0 Å². The van der Waals surface area contributed by atoms with Gasteiger partial charge >= 0.3 is 17.0 Å². The average Bonchev–Trinajstić information content (AvgIpc) is 3.21. The lowest BCUT2D eigenvalue weighted by Crippen LogP contribution is -2.38. The van der Waals surface area contributed by atoms with Crippen molar-refractivity contribution in [3.05, 3.63) is 32.3 Å². The van der Waals surface area contributed by atoms with Gasteiger partial charge in [-0.05, 0) is 67.6 Å². The number of hydrogen-bond acceptors (Lipinski definition) is 7. The number of H-pyrrole nitrogens is 1. The van der Waals surface area contributed by atoms with Gasteiger partial charge in [0.1, 0.15) is 16.1 Å². The first-order valence-corrected chi connectivity index (χ1v) is 10.9. The monoisotopic (exact) mass is 517 g/mol. The quantitative estimate of drug-likeness (QED) is 0.243. The molecule has 4 rings (SSSR count). The minimum Gasteiger partial charge on any atom is -0.442 e. The Morgan fingerprint density at radius 3 is 2.47 bits per heavy atom. The Hall–Kier alpha value is -2.27. The standard InChI is InChI=1S/C18H16Cl4N8O2/c1-7-9-11(19)24-16(22)29(14(9)27-26-7)6-5-8-10-12(20)23-15(21)25-13(10)30(28-8)17(31)32-18(2,3)4/h5-6H2,1-4H3/p+1. The lowest BCUT2D eigenvalue weighted by atomic mass is 10.2. The molecule has 4 aromatic heterocycles. The normalized spacial score (nSPS) is 12.1. The van der Waals surface area contributed by atoms with Crippen LogP contribution in [0, 0.1) is 6.92 Å². The number of aryl methyl sites for hydroxylation is 3. The second kappa shape index (κ2) is 8.26. The van der Waals surface area contributed by atoms with Crippen molar-refractivity contribution in [3.63, 3.8) is 0 Å². The number of rotatable bonds is 3. The molecular formula is C18H17Cl4N8O2+. The summed E-state index contributed by atoms with van der Waals surface area (Å²) in [6.07, 6.45) is -0.421. The predicted molar refractivity (Wildman–Crippen MR) is 120 cm³/mol. The van der Waals surface area contributed by atoms with Gasteiger partial charge in [0.15, 0.2) is 5.65 Å². The molecule has 0 saturated carbocycles. The summed E-state index contributed by atoms with van der Waals surface area (Å²) in [6, 6.07) is 0. The fourth-order valence-electron chi connectivity index (χ4n) is 3.18. The molecule has 0 aliphatic rings. The zero-order valence-corrected chi connectivity index (χ0v) is 20.4. The molecule has 0 fully saturated rings. The highest BCUT2D eigenvalue weighted by atomic mass is 35.5. The number of aromatic amines is 1. The Bertz CT molecular complexity index is 1380. The summed E-state index contributed by atoms with van der Waals surface area (Å²) in [5.41, 5.74) is 1.15. The van der Waals surface area contributed by atoms with Crippen LogP contribution in [0.4, 0.5) is 4.79 Å². The van der Waals surface area contributed by atoms with Gasteiger partial charge in [-0.2, -0.15) is 10.1 Å². The van der Waals surface area contributed by atoms with Crippen LogP contribution in [0.15, 0.2) is 0 Å². The van der Waals surface area contributed by atoms with E-state index < -0.39 is 11.7 Å². The molecule has 0 saturated heterocycles. The van der Waals surface area contributed by atoms with Gasteiger partial charge in [0, 0.05) is 6.42 Å². The Morgan fingerprint density at radius 1 is 1.09 bits per heavy atom. The number of hydrogen-bond donors (Lipinski definition) is 1. The largest absolute Gasteiger partial charge is 0.442 e. The first kappa shape index (κ1) is 22.9. The van der Waals surface area contributed by atoms with Crippen molar-refractivity contribution < 1.29 is 14.1 Å². The van der Waals surface area contributed by atoms with Crippen molar-refractivity contribution in [1.82, 2.24) is 34.9 Å². The summed E-state index contributed by atoms with van der Waals surface area (Å²) in [5, 5.41) is 12.9. The van der Waals surface area contributed by atoms with Crippen molar-refractivity contribution in [1.29, 1.82) is 0 Å². The van der Waals surface area contributed by atoms with E-state index in [0.717, 1.165) is 10.4 Å². The van der Waals surface area contributed by atoms with Crippen LogP contribution < -0.4 is 4.57 Å². The molecule has 0 radical (unpaired) electrons. The van der Waals surface area contributed by atoms with Crippen molar-refractivity contribution >= 4 is 74.6 Å². The summed E-state index contributed by atoms with van der Waals surface area (Å²) >= 11 is 24.8. The summed E-state index contributed by atoms with van der Waals surface area (Å²) in [6.45, 7) is 7.38. The van der Waals surface area contributed by atoms with Gasteiger partial charge in [-0.15, -0.1) is 4.68 Å². The number of carbonyl (C=O) groups is 1. The molecule has 0 aliphatic carbocycles. The number of fused-ring (bicyclic) bond motifs is 2. The zero-order chi connectivity index (χ0) is 23.4. The summed E-state index contributed by atoms with van der Waals surface area (Å²) in [5.74, 6) is 0. The molecule has 0 aliphatic heterocycles. The van der Waals surface area contributed by atoms with Crippen LogP contribution in [-0.2, 0) is 17.7 Å². The van der Waals surface area contributed by atoms with Gasteiger partial charge in [-0.25, -0.2) is 19.4 Å². The van der Waals surface area contributed by atoms with E-state index in [9.17, 15) is 4.79 Å². The molecule has 0 spiro atoms. The number of aromatic nitrogens is 8. The zero-order valence-electron chi connectivity index (χ0n) is 17.4. The smallest absolute Gasteiger partial charge is 0.437 e. The fraction of sp³-hybridized carbons (Fsp3) is 0.389. The third-order valence-electron chi connectivity index (χ3n) is 4.47. The maximum atomic E-state index is 12.7. The lowest BCUT2D eigenvalue weighted by Gasteiger charge is -2.18. The Labute approximate surface area is 201 Å². The molecule has 14 heteroatoms. The van der Waals surface area contributed by atoms with E-state index in [4.69, 9.17) is 51.1 Å². The molecule has 0 atom stereocenters. The molecule has 168 valence electrons. The van der Waals surface area contributed by atoms with E-state index in [1.807, 2.05) is 6.92 Å². The van der Waals surface area contributed by atoms with Crippen LogP contribution in [0.1, 0.15) is 32.2 Å². The second-order valence-corrected chi connectivity index (χ2v) is 9.33. The molecule has 4 heterocycles. The summed E-state index contributed by atoms with van der Waals surface area (Å²) in [4.78, 5) is 25.0. The minimum atomic E-state index is -0.738. The van der Waals surface area contributed by atoms with Gasteiger partial charge < -0.3 is 4.74 Å². The van der Waals surface area contributed by atoms with Gasteiger partial charge in [0.05, 0.1) is 23.3 Å². The average molecular weight is 519 g/mol. The van der Waals surface area contributed by atoms with Crippen LogP contribution in [-0.4, -0.2) is 46.6 Å². The van der Waals surface area contributed by atoms with Gasteiger partial charge in [0.25, 0.3) is 0 Å². The molecule has 0 aromatic carbocycles. The van der Waals surface area contributed by atoms with Gasteiger partial charge in [-0.1, -0.05) is 16.6 Å². The highest BCUT2D eigenvalue weighted by molar-refractivity contribution is 6.36. The minimum absolute atomic E-state index is 0.0656. The maximum absolute atomic E-state index is 12.7. The Balaban J connectivity index is 1.78. The maximum Gasteiger partial charge on any atom is 0.437 e. The van der Waals surface area contributed by atoms with Gasteiger partial charge in [-0.3, -0.25) is 0 Å². The number of nitrogens with zero attached hydrogens (tertiary/aromatic N) is 7. The Morgan fingerprint density at radius 2 is 1.78 bits per heavy atom. The summed E-state index contributed by atoms with van der Waals surface area (Å²) in [7, 11) is 0. The molecule has 0 bridgehead atoms. The van der Waals surface area contributed by atoms with Crippen LogP contribution in [0.25, 0.3) is 22.1 Å². The molecule has 1 N–H and O–H groups in total. The molecule has 0 unspecified atom stereocenters. The van der Waals surface area contributed by atoms with Gasteiger partial charge in [0.2, 0.25) is 10.4 Å². The van der Waals surface area contributed by atoms with Crippen molar-refractivity contribution in [2.75, 3.05) is 0 Å². The molecule has 10 nitrogen and oxygen atoms in total. The van der Waals surface area contributed by atoms with Crippen LogP contribution >= 0.6 is 46.4 Å². The topological polar surface area (TPSA) is 115 Å². The molecular weight excluding hydrogens is 502 g/mol. The molecule has 32 heavy (non-hydrogen) atoms. The highest BCUT2D eigenvalue weighted by Gasteiger charge is 2.27. The third kappa shape index (κ3) is 4.19. The molecule has 4 aromatic rings. The van der Waals surface area contributed by atoms with E-state index in [2.05, 4.69) is 30.2 Å². The SMILES string of the molecule is Cc1[nH]nc2c1c(Cl)nc(Cl)[n+]2CCc1nn(C(=O)OC(C)(C)C)c2nc(Cl)nc(Cl)c12.